The van der Waals surface area contributed by atoms with Crippen molar-refractivity contribution in [2.24, 2.45) is 16.3 Å². The highest BCUT2D eigenvalue weighted by Gasteiger charge is 2.39. The first kappa shape index (κ1) is 29.8. The first-order valence-corrected chi connectivity index (χ1v) is 14.7. The number of aryl methyl sites for hydroxylation is 1. The first-order valence-electron chi connectivity index (χ1n) is 13.5. The average molecular weight is 618 g/mol. The molecule has 1 aliphatic heterocycles. The molecule has 0 fully saturated rings. The lowest BCUT2D eigenvalue weighted by molar-refractivity contribution is -0.151. The molecule has 5 rings (SSSR count). The lowest BCUT2D eigenvalue weighted by atomic mass is 9.81. The van der Waals surface area contributed by atoms with Crippen LogP contribution >= 0.6 is 22.9 Å². The number of rotatable bonds is 8. The quantitative estimate of drug-likeness (QED) is 0.274. The lowest BCUT2D eigenvalue weighted by Crippen LogP contribution is -2.38. The van der Waals surface area contributed by atoms with Crippen molar-refractivity contribution in [2.45, 2.75) is 52.6 Å². The highest BCUT2D eigenvalue weighted by molar-refractivity contribution is 7.11. The van der Waals surface area contributed by atoms with E-state index in [0.717, 1.165) is 17.3 Å². The van der Waals surface area contributed by atoms with E-state index in [-0.39, 0.29) is 29.6 Å². The molecule has 0 saturated carbocycles. The van der Waals surface area contributed by atoms with Crippen LogP contribution in [0, 0.1) is 23.0 Å². The second kappa shape index (κ2) is 11.9. The van der Waals surface area contributed by atoms with Gasteiger partial charge in [0, 0.05) is 35.0 Å². The summed E-state index contributed by atoms with van der Waals surface area (Å²) < 4.78 is 40.8. The van der Waals surface area contributed by atoms with E-state index in [2.05, 4.69) is 10.3 Å². The summed E-state index contributed by atoms with van der Waals surface area (Å²) in [5.74, 6) is -3.08. The summed E-state index contributed by atoms with van der Waals surface area (Å²) in [4.78, 5) is 34.9. The summed E-state index contributed by atoms with van der Waals surface area (Å²) in [5, 5.41) is 9.96. The molecule has 1 N–H and O–H groups in total. The number of benzene rings is 1. The Kier molecular flexibility index (Phi) is 8.47. The Morgan fingerprint density at radius 3 is 2.76 bits per heavy atom. The van der Waals surface area contributed by atoms with Gasteiger partial charge < -0.3 is 14.8 Å². The Balaban J connectivity index is 1.58. The van der Waals surface area contributed by atoms with Gasteiger partial charge in [0.25, 0.3) is 0 Å². The van der Waals surface area contributed by atoms with Gasteiger partial charge in [-0.15, -0.1) is 11.3 Å². The molecule has 42 heavy (non-hydrogen) atoms. The minimum atomic E-state index is -1.21. The summed E-state index contributed by atoms with van der Waals surface area (Å²) in [6.45, 7) is 5.73. The van der Waals surface area contributed by atoms with Gasteiger partial charge in [0.1, 0.15) is 6.04 Å². The highest BCUT2D eigenvalue weighted by Crippen LogP contribution is 2.41. The number of thiazole rings is 1. The van der Waals surface area contributed by atoms with Gasteiger partial charge in [-0.2, -0.15) is 5.10 Å². The smallest absolute Gasteiger partial charge is 0.338 e. The van der Waals surface area contributed by atoms with Gasteiger partial charge in [0.15, 0.2) is 22.5 Å². The van der Waals surface area contributed by atoms with Gasteiger partial charge in [-0.25, -0.2) is 18.6 Å². The Hall–Kier alpha value is -3.64. The molecule has 2 aromatic heterocycles. The fourth-order valence-corrected chi connectivity index (χ4v) is 6.23. The van der Waals surface area contributed by atoms with Crippen molar-refractivity contribution in [1.29, 1.82) is 0 Å². The van der Waals surface area contributed by atoms with Gasteiger partial charge in [0.2, 0.25) is 0 Å². The van der Waals surface area contributed by atoms with E-state index < -0.39 is 34.1 Å². The molecule has 222 valence electrons. The Morgan fingerprint density at radius 2 is 2.07 bits per heavy atom. The molecule has 1 aliphatic carbocycles. The summed E-state index contributed by atoms with van der Waals surface area (Å²) in [6.07, 6.45) is 5.33. The topological polar surface area (TPSA) is 108 Å². The molecule has 0 saturated heterocycles. The maximum absolute atomic E-state index is 14.7. The van der Waals surface area contributed by atoms with E-state index in [4.69, 9.17) is 31.2 Å². The van der Waals surface area contributed by atoms with Crippen LogP contribution in [-0.4, -0.2) is 46.3 Å². The number of aromatic nitrogens is 3. The zero-order chi connectivity index (χ0) is 30.2. The minimum absolute atomic E-state index is 0.106. The predicted molar refractivity (Wildman–Crippen MR) is 153 cm³/mol. The molecule has 3 heterocycles. The molecular weight excluding hydrogens is 588 g/mol. The number of halogens is 3. The number of ether oxygens (including phenoxy) is 2. The van der Waals surface area contributed by atoms with Crippen molar-refractivity contribution in [1.82, 2.24) is 20.1 Å². The molecule has 0 spiro atoms. The number of methoxy groups -OCH3 is 1. The van der Waals surface area contributed by atoms with Gasteiger partial charge >= 0.3 is 11.9 Å². The number of hydrogen-bond acceptors (Lipinski definition) is 9. The van der Waals surface area contributed by atoms with E-state index in [1.54, 1.807) is 37.0 Å². The Labute approximate surface area is 250 Å². The van der Waals surface area contributed by atoms with Gasteiger partial charge in [0.05, 0.1) is 42.0 Å². The van der Waals surface area contributed by atoms with Crippen molar-refractivity contribution >= 4 is 40.7 Å². The molecule has 0 amide bonds. The molecule has 3 aromatic rings. The number of nitrogens with zero attached hydrogens (tertiary/aromatic N) is 4. The first-order chi connectivity index (χ1) is 20.0. The number of hydrogen-bond donors (Lipinski definition) is 1. The highest BCUT2D eigenvalue weighted by atomic mass is 35.5. The van der Waals surface area contributed by atoms with Crippen LogP contribution in [0.1, 0.15) is 55.1 Å². The molecule has 1 aromatic carbocycles. The molecule has 2 unspecified atom stereocenters. The number of carbonyl (C=O) groups is 2. The van der Waals surface area contributed by atoms with Crippen LogP contribution in [0.2, 0.25) is 5.02 Å². The summed E-state index contributed by atoms with van der Waals surface area (Å²) in [6, 6.07) is 1.24. The molecule has 13 heteroatoms. The van der Waals surface area contributed by atoms with Gasteiger partial charge in [-0.1, -0.05) is 17.7 Å². The predicted octanol–water partition coefficient (Wildman–Crippen LogP) is 5.18. The second-order valence-electron chi connectivity index (χ2n) is 10.8. The number of nitrogens with one attached hydrogen (secondary N) is 1. The molecule has 0 radical (unpaired) electrons. The van der Waals surface area contributed by atoms with E-state index in [0.29, 0.717) is 42.3 Å². The standard InChI is InChI=1S/C29H30ClF2N5O4S/c1-5-41-27(38)20-23(15-6-9-19-16(12-15)13-37(36-19)14-29(2,3)28(39)40-4)34-25(26-33-10-11-42-26)35-24(20)17-7-8-18(31)22(32)21(17)30/h7-8,10-11,13,15,24H,5-6,9,12,14H2,1-4H3,(H,34,35). The van der Waals surface area contributed by atoms with Crippen molar-refractivity contribution in [3.63, 3.8) is 0 Å². The lowest BCUT2D eigenvalue weighted by Gasteiger charge is -2.33. The maximum Gasteiger partial charge on any atom is 0.338 e. The zero-order valence-electron chi connectivity index (χ0n) is 23.5. The van der Waals surface area contributed by atoms with Crippen LogP contribution in [0.4, 0.5) is 8.78 Å². The van der Waals surface area contributed by atoms with E-state index in [1.807, 2.05) is 6.20 Å². The van der Waals surface area contributed by atoms with E-state index in [9.17, 15) is 18.4 Å². The molecular formula is C29H30ClF2N5O4S. The van der Waals surface area contributed by atoms with Crippen molar-refractivity contribution in [3.05, 3.63) is 79.7 Å². The SMILES string of the molecule is CCOC(=O)C1=C(C2CCc3nn(CC(C)(C)C(=O)OC)cc3C2)NC(c2nccs2)=NC1c1ccc(F)c(F)c1Cl. The fourth-order valence-electron chi connectivity index (χ4n) is 5.38. The third-order valence-electron chi connectivity index (χ3n) is 7.39. The Morgan fingerprint density at radius 1 is 1.29 bits per heavy atom. The van der Waals surface area contributed by atoms with E-state index in [1.165, 1.54) is 24.5 Å². The average Bonchev–Trinajstić information content (AvgIpc) is 3.64. The summed E-state index contributed by atoms with van der Waals surface area (Å²) >= 11 is 7.65. The van der Waals surface area contributed by atoms with Crippen LogP contribution in [0.15, 0.2) is 46.2 Å². The number of esters is 2. The van der Waals surface area contributed by atoms with Gasteiger partial charge in [-0.05, 0) is 51.7 Å². The fraction of sp³-hybridized carbons (Fsp3) is 0.414. The number of aliphatic imine (C=N–C) groups is 1. The van der Waals surface area contributed by atoms with E-state index >= 15 is 0 Å². The van der Waals surface area contributed by atoms with Crippen LogP contribution in [0.5, 0.6) is 0 Å². The number of amidine groups is 1. The number of fused-ring (bicyclic) bond motifs is 1. The Bertz CT molecular complexity index is 1580. The van der Waals surface area contributed by atoms with Crippen LogP contribution < -0.4 is 5.32 Å². The molecule has 9 nitrogen and oxygen atoms in total. The molecule has 0 bridgehead atoms. The summed E-state index contributed by atoms with van der Waals surface area (Å²) in [7, 11) is 1.36. The number of allylic oxidation sites excluding steroid dienone is 1. The molecule has 2 atom stereocenters. The normalized spacial score (nSPS) is 18.7. The van der Waals surface area contributed by atoms with Crippen LogP contribution in [0.3, 0.4) is 0 Å². The molecule has 2 aliphatic rings. The summed E-state index contributed by atoms with van der Waals surface area (Å²) in [5.41, 5.74) is 2.00. The van der Waals surface area contributed by atoms with Gasteiger partial charge in [-0.3, -0.25) is 14.5 Å². The van der Waals surface area contributed by atoms with Crippen molar-refractivity contribution < 1.29 is 27.8 Å². The largest absolute Gasteiger partial charge is 0.469 e. The van der Waals surface area contributed by atoms with Crippen LogP contribution in [-0.2, 0) is 38.4 Å². The van der Waals surface area contributed by atoms with Crippen molar-refractivity contribution in [2.75, 3.05) is 13.7 Å². The number of carbonyl (C=O) groups excluding carboxylic acids is 2. The van der Waals surface area contributed by atoms with Crippen molar-refractivity contribution in [3.8, 4) is 0 Å². The third kappa shape index (κ3) is 5.69. The maximum atomic E-state index is 14.7. The zero-order valence-corrected chi connectivity index (χ0v) is 25.1. The third-order valence-corrected chi connectivity index (χ3v) is 8.55. The minimum Gasteiger partial charge on any atom is -0.469 e. The van der Waals surface area contributed by atoms with Crippen LogP contribution in [0.25, 0.3) is 0 Å². The monoisotopic (exact) mass is 617 g/mol. The second-order valence-corrected chi connectivity index (χ2v) is 12.0.